The minimum absolute atomic E-state index is 0.0555. The van der Waals surface area contributed by atoms with Gasteiger partial charge in [0.05, 0.1) is 21.3 Å². The Morgan fingerprint density at radius 1 is 1.07 bits per heavy atom. The Balaban J connectivity index is 2.06. The highest BCUT2D eigenvalue weighted by Gasteiger charge is 2.42. The van der Waals surface area contributed by atoms with Crippen molar-refractivity contribution in [3.05, 3.63) is 30.3 Å². The van der Waals surface area contributed by atoms with E-state index in [1.54, 1.807) is 12.1 Å². The summed E-state index contributed by atoms with van der Waals surface area (Å²) in [5, 5.41) is 0. The molecule has 0 atom stereocenters. The van der Waals surface area contributed by atoms with E-state index < -0.39 is 12.1 Å². The smallest absolute Gasteiger partial charge is 0.471 e. The first-order chi connectivity index (χ1) is 14.2. The number of nitrogens with zero attached hydrogens (tertiary/aromatic N) is 2. The predicted molar refractivity (Wildman–Crippen MR) is 103 cm³/mol. The molecule has 0 saturated heterocycles. The molecule has 3 rings (SSSR count). The molecule has 10 heteroatoms. The van der Waals surface area contributed by atoms with Crippen LogP contribution >= 0.6 is 0 Å². The Morgan fingerprint density at radius 2 is 1.70 bits per heavy atom. The summed E-state index contributed by atoms with van der Waals surface area (Å²) in [6, 6.07) is 7.49. The van der Waals surface area contributed by atoms with E-state index in [1.165, 1.54) is 46.5 Å². The van der Waals surface area contributed by atoms with Crippen molar-refractivity contribution in [3.63, 3.8) is 0 Å². The highest BCUT2D eigenvalue weighted by Crippen LogP contribution is 2.41. The SMILES string of the molecule is CCN(C(=O)C(F)(F)F)c1ccc2nc(-c3cc(OC)c(OC)c(OC)c3)oc2c1. The first kappa shape index (κ1) is 21.3. The molecule has 1 heterocycles. The van der Waals surface area contributed by atoms with E-state index in [1.807, 2.05) is 0 Å². The van der Waals surface area contributed by atoms with Crippen LogP contribution in [-0.4, -0.2) is 44.9 Å². The molecule has 0 N–H and O–H groups in total. The number of hydrogen-bond donors (Lipinski definition) is 0. The van der Waals surface area contributed by atoms with Crippen LogP contribution in [0.1, 0.15) is 6.92 Å². The first-order valence-electron chi connectivity index (χ1n) is 8.83. The van der Waals surface area contributed by atoms with Gasteiger partial charge in [-0.1, -0.05) is 0 Å². The summed E-state index contributed by atoms with van der Waals surface area (Å²) in [4.78, 5) is 16.7. The number of methoxy groups -OCH3 is 3. The Kier molecular flexibility index (Phi) is 5.77. The number of fused-ring (bicyclic) bond motifs is 1. The fraction of sp³-hybridized carbons (Fsp3) is 0.300. The maximum atomic E-state index is 12.9. The molecule has 30 heavy (non-hydrogen) atoms. The number of alkyl halides is 3. The zero-order chi connectivity index (χ0) is 22.1. The van der Waals surface area contributed by atoms with Gasteiger partial charge in [0.1, 0.15) is 5.52 Å². The molecule has 1 amide bonds. The molecule has 3 aromatic rings. The third-order valence-electron chi connectivity index (χ3n) is 4.40. The molecule has 0 aliphatic heterocycles. The molecule has 0 bridgehead atoms. The summed E-state index contributed by atoms with van der Waals surface area (Å²) in [6.45, 7) is 1.30. The fourth-order valence-electron chi connectivity index (χ4n) is 3.01. The normalized spacial score (nSPS) is 11.4. The molecule has 2 aromatic carbocycles. The van der Waals surface area contributed by atoms with Crippen LogP contribution in [0.15, 0.2) is 34.7 Å². The van der Waals surface area contributed by atoms with Crippen LogP contribution in [0.3, 0.4) is 0 Å². The molecule has 1 aromatic heterocycles. The van der Waals surface area contributed by atoms with Gasteiger partial charge in [-0.2, -0.15) is 13.2 Å². The molecule has 0 radical (unpaired) electrons. The minimum atomic E-state index is -4.98. The standard InChI is InChI=1S/C20H19F3N2O5/c1-5-25(19(26)20(21,22)23)12-6-7-13-14(10-12)30-18(24-13)11-8-15(27-2)17(29-4)16(9-11)28-3/h6-10H,5H2,1-4H3. The highest BCUT2D eigenvalue weighted by molar-refractivity contribution is 5.98. The number of carbonyl (C=O) groups is 1. The fourth-order valence-corrected chi connectivity index (χ4v) is 3.01. The van der Waals surface area contributed by atoms with Gasteiger partial charge in [-0.15, -0.1) is 0 Å². The molecular formula is C20H19F3N2O5. The van der Waals surface area contributed by atoms with Gasteiger partial charge in [0.25, 0.3) is 0 Å². The lowest BCUT2D eigenvalue weighted by molar-refractivity contribution is -0.170. The van der Waals surface area contributed by atoms with E-state index in [0.717, 1.165) is 0 Å². The predicted octanol–water partition coefficient (Wildman–Crippen LogP) is 4.44. The second-order valence-electron chi connectivity index (χ2n) is 6.13. The van der Waals surface area contributed by atoms with E-state index in [4.69, 9.17) is 18.6 Å². The van der Waals surface area contributed by atoms with E-state index in [-0.39, 0.29) is 23.7 Å². The second-order valence-corrected chi connectivity index (χ2v) is 6.13. The van der Waals surface area contributed by atoms with Crippen molar-refractivity contribution >= 4 is 22.7 Å². The molecule has 0 aliphatic carbocycles. The van der Waals surface area contributed by atoms with Gasteiger partial charge in [0.2, 0.25) is 11.6 Å². The Morgan fingerprint density at radius 3 is 2.20 bits per heavy atom. The van der Waals surface area contributed by atoms with Crippen molar-refractivity contribution in [3.8, 4) is 28.7 Å². The highest BCUT2D eigenvalue weighted by atomic mass is 19.4. The number of halogens is 3. The minimum Gasteiger partial charge on any atom is -0.493 e. The quantitative estimate of drug-likeness (QED) is 0.583. The Bertz CT molecular complexity index is 1050. The van der Waals surface area contributed by atoms with E-state index in [2.05, 4.69) is 4.98 Å². The van der Waals surface area contributed by atoms with Crippen molar-refractivity contribution in [2.75, 3.05) is 32.8 Å². The first-order valence-corrected chi connectivity index (χ1v) is 8.83. The van der Waals surface area contributed by atoms with Gasteiger partial charge in [-0.25, -0.2) is 4.98 Å². The maximum Gasteiger partial charge on any atom is 0.471 e. The molecule has 160 valence electrons. The average molecular weight is 424 g/mol. The topological polar surface area (TPSA) is 74.0 Å². The average Bonchev–Trinajstić information content (AvgIpc) is 3.15. The summed E-state index contributed by atoms with van der Waals surface area (Å²) in [7, 11) is 4.41. The number of oxazole rings is 1. The third-order valence-corrected chi connectivity index (χ3v) is 4.40. The molecule has 0 spiro atoms. The summed E-state index contributed by atoms with van der Waals surface area (Å²) in [6.07, 6.45) is -4.98. The third kappa shape index (κ3) is 3.85. The zero-order valence-electron chi connectivity index (χ0n) is 16.7. The summed E-state index contributed by atoms with van der Waals surface area (Å²) >= 11 is 0. The maximum absolute atomic E-state index is 12.9. The zero-order valence-corrected chi connectivity index (χ0v) is 16.7. The number of hydrogen-bond acceptors (Lipinski definition) is 6. The van der Waals surface area contributed by atoms with E-state index >= 15 is 0 Å². The second kappa shape index (κ2) is 8.13. The Hall–Kier alpha value is -3.43. The van der Waals surface area contributed by atoms with Crippen molar-refractivity contribution in [2.45, 2.75) is 13.1 Å². The van der Waals surface area contributed by atoms with E-state index in [0.29, 0.717) is 33.2 Å². The molecule has 0 aliphatic rings. The monoisotopic (exact) mass is 424 g/mol. The van der Waals surface area contributed by atoms with Crippen LogP contribution in [0.4, 0.5) is 18.9 Å². The largest absolute Gasteiger partial charge is 0.493 e. The van der Waals surface area contributed by atoms with E-state index in [9.17, 15) is 18.0 Å². The van der Waals surface area contributed by atoms with Crippen LogP contribution < -0.4 is 19.1 Å². The number of rotatable bonds is 6. The van der Waals surface area contributed by atoms with Gasteiger partial charge in [0, 0.05) is 23.9 Å². The number of amides is 1. The lowest BCUT2D eigenvalue weighted by Gasteiger charge is -2.21. The number of carbonyl (C=O) groups excluding carboxylic acids is 1. The molecule has 0 saturated carbocycles. The van der Waals surface area contributed by atoms with Crippen molar-refractivity contribution in [1.82, 2.24) is 4.98 Å². The van der Waals surface area contributed by atoms with Gasteiger partial charge >= 0.3 is 12.1 Å². The van der Waals surface area contributed by atoms with Crippen molar-refractivity contribution < 1.29 is 36.6 Å². The van der Waals surface area contributed by atoms with Gasteiger partial charge < -0.3 is 23.5 Å². The van der Waals surface area contributed by atoms with Crippen LogP contribution in [-0.2, 0) is 4.79 Å². The van der Waals surface area contributed by atoms with Crippen LogP contribution in [0, 0.1) is 0 Å². The Labute approximate surface area is 169 Å². The lowest BCUT2D eigenvalue weighted by Crippen LogP contribution is -2.41. The number of anilines is 1. The van der Waals surface area contributed by atoms with Crippen LogP contribution in [0.25, 0.3) is 22.6 Å². The van der Waals surface area contributed by atoms with Crippen molar-refractivity contribution in [2.24, 2.45) is 0 Å². The number of benzene rings is 2. The van der Waals surface area contributed by atoms with Gasteiger partial charge in [0.15, 0.2) is 17.1 Å². The van der Waals surface area contributed by atoms with Crippen molar-refractivity contribution in [1.29, 1.82) is 0 Å². The molecule has 0 fully saturated rings. The van der Waals surface area contributed by atoms with Crippen LogP contribution in [0.5, 0.6) is 17.2 Å². The summed E-state index contributed by atoms with van der Waals surface area (Å²) < 4.78 is 60.2. The molecule has 0 unspecified atom stereocenters. The number of ether oxygens (including phenoxy) is 3. The molecule has 7 nitrogen and oxygen atoms in total. The number of aromatic nitrogens is 1. The summed E-state index contributed by atoms with van der Waals surface area (Å²) in [5.41, 5.74) is 1.21. The molecular weight excluding hydrogens is 405 g/mol. The van der Waals surface area contributed by atoms with Gasteiger partial charge in [-0.3, -0.25) is 4.79 Å². The summed E-state index contributed by atoms with van der Waals surface area (Å²) in [5.74, 6) is -0.572. The lowest BCUT2D eigenvalue weighted by atomic mass is 10.2. The van der Waals surface area contributed by atoms with Crippen LogP contribution in [0.2, 0.25) is 0 Å². The van der Waals surface area contributed by atoms with Gasteiger partial charge in [-0.05, 0) is 31.2 Å².